The second-order valence-electron chi connectivity index (χ2n) is 5.82. The molecule has 0 aliphatic rings. The predicted molar refractivity (Wildman–Crippen MR) is 117 cm³/mol. The van der Waals surface area contributed by atoms with Crippen molar-refractivity contribution in [1.82, 2.24) is 10.6 Å². The summed E-state index contributed by atoms with van der Waals surface area (Å²) in [5.41, 5.74) is 2.73. The molecule has 7 heteroatoms. The highest BCUT2D eigenvalue weighted by atomic mass is 127. The van der Waals surface area contributed by atoms with Crippen molar-refractivity contribution in [1.29, 1.82) is 0 Å². The Balaban J connectivity index is 0.00000364. The fourth-order valence-corrected chi connectivity index (χ4v) is 2.40. The van der Waals surface area contributed by atoms with Crippen LogP contribution in [0.15, 0.2) is 47.5 Å². The summed E-state index contributed by atoms with van der Waals surface area (Å²) < 4.78 is 24.5. The smallest absolute Gasteiger partial charge is 0.191 e. The number of guanidine groups is 1. The van der Waals surface area contributed by atoms with Crippen LogP contribution < -0.4 is 15.4 Å². The molecular weight excluding hydrogens is 460 g/mol. The molecule has 0 spiro atoms. The molecule has 0 unspecified atom stereocenters. The molecule has 0 amide bonds. The minimum atomic E-state index is -0.234. The molecule has 148 valence electrons. The van der Waals surface area contributed by atoms with Crippen LogP contribution in [-0.4, -0.2) is 33.3 Å². The lowest BCUT2D eigenvalue weighted by atomic mass is 10.1. The zero-order chi connectivity index (χ0) is 18.8. The van der Waals surface area contributed by atoms with Gasteiger partial charge in [0.1, 0.15) is 18.2 Å². The number of ether oxygens (including phenoxy) is 2. The number of hydrogen-bond acceptors (Lipinski definition) is 3. The van der Waals surface area contributed by atoms with Crippen molar-refractivity contribution in [2.75, 3.05) is 27.4 Å². The highest BCUT2D eigenvalue weighted by molar-refractivity contribution is 14.0. The molecule has 2 aromatic carbocycles. The van der Waals surface area contributed by atoms with E-state index < -0.39 is 0 Å². The van der Waals surface area contributed by atoms with Crippen molar-refractivity contribution < 1.29 is 13.9 Å². The summed E-state index contributed by atoms with van der Waals surface area (Å²) in [6.07, 6.45) is 0. The maximum atomic E-state index is 13.7. The van der Waals surface area contributed by atoms with Crippen LogP contribution in [0.4, 0.5) is 4.39 Å². The van der Waals surface area contributed by atoms with Crippen LogP contribution in [0, 0.1) is 12.7 Å². The molecular formula is C20H27FIN3O2. The van der Waals surface area contributed by atoms with Crippen molar-refractivity contribution in [2.45, 2.75) is 20.0 Å². The first kappa shape index (κ1) is 23.2. The summed E-state index contributed by atoms with van der Waals surface area (Å²) >= 11 is 0. The van der Waals surface area contributed by atoms with Gasteiger partial charge in [-0.25, -0.2) is 4.39 Å². The van der Waals surface area contributed by atoms with Gasteiger partial charge in [-0.3, -0.25) is 4.99 Å². The molecule has 0 aliphatic heterocycles. The number of nitrogens with zero attached hydrogens (tertiary/aromatic N) is 1. The van der Waals surface area contributed by atoms with E-state index in [1.165, 1.54) is 6.07 Å². The molecule has 0 heterocycles. The van der Waals surface area contributed by atoms with Gasteiger partial charge in [0.05, 0.1) is 6.61 Å². The molecule has 2 aromatic rings. The number of benzene rings is 2. The van der Waals surface area contributed by atoms with Crippen molar-refractivity contribution in [3.8, 4) is 5.75 Å². The van der Waals surface area contributed by atoms with Gasteiger partial charge in [-0.2, -0.15) is 0 Å². The van der Waals surface area contributed by atoms with E-state index in [1.54, 1.807) is 26.3 Å². The standard InChI is InChI=1S/C20H26FN3O2.HI/c1-15-8-9-17(19(12-15)26-11-10-25-3)14-24-20(22-2)23-13-16-6-4-5-7-18(16)21;/h4-9,12H,10-11,13-14H2,1-3H3,(H2,22,23,24);1H. The van der Waals surface area contributed by atoms with Crippen molar-refractivity contribution in [3.63, 3.8) is 0 Å². The molecule has 5 nitrogen and oxygen atoms in total. The highest BCUT2D eigenvalue weighted by Crippen LogP contribution is 2.20. The van der Waals surface area contributed by atoms with Crippen LogP contribution >= 0.6 is 24.0 Å². The number of methoxy groups -OCH3 is 1. The van der Waals surface area contributed by atoms with Gasteiger partial charge in [0, 0.05) is 38.4 Å². The zero-order valence-electron chi connectivity index (χ0n) is 15.9. The topological polar surface area (TPSA) is 54.9 Å². The lowest BCUT2D eigenvalue weighted by Crippen LogP contribution is -2.36. The van der Waals surface area contributed by atoms with Crippen LogP contribution in [0.3, 0.4) is 0 Å². The summed E-state index contributed by atoms with van der Waals surface area (Å²) in [5.74, 6) is 1.18. The molecule has 27 heavy (non-hydrogen) atoms. The number of aliphatic imine (C=N–C) groups is 1. The molecule has 2 rings (SSSR count). The van der Waals surface area contributed by atoms with Gasteiger partial charge >= 0.3 is 0 Å². The Bertz CT molecular complexity index is 741. The fraction of sp³-hybridized carbons (Fsp3) is 0.350. The molecule has 0 bridgehead atoms. The van der Waals surface area contributed by atoms with E-state index in [2.05, 4.69) is 15.6 Å². The van der Waals surface area contributed by atoms with Gasteiger partial charge in [-0.15, -0.1) is 24.0 Å². The monoisotopic (exact) mass is 487 g/mol. The van der Waals surface area contributed by atoms with Crippen molar-refractivity contribution in [3.05, 3.63) is 65.0 Å². The average molecular weight is 487 g/mol. The summed E-state index contributed by atoms with van der Waals surface area (Å²) in [6, 6.07) is 12.7. The van der Waals surface area contributed by atoms with Gasteiger partial charge in [0.25, 0.3) is 0 Å². The molecule has 0 atom stereocenters. The van der Waals surface area contributed by atoms with Crippen LogP contribution in [0.5, 0.6) is 5.75 Å². The zero-order valence-corrected chi connectivity index (χ0v) is 18.3. The predicted octanol–water partition coefficient (Wildman–Crippen LogP) is 3.64. The Hall–Kier alpha value is -1.87. The molecule has 2 N–H and O–H groups in total. The van der Waals surface area contributed by atoms with E-state index in [1.807, 2.05) is 31.2 Å². The normalized spacial score (nSPS) is 10.9. The average Bonchev–Trinajstić information content (AvgIpc) is 2.64. The maximum Gasteiger partial charge on any atom is 0.191 e. The first-order chi connectivity index (χ1) is 12.6. The molecule has 0 aromatic heterocycles. The van der Waals surface area contributed by atoms with Crippen molar-refractivity contribution >= 4 is 29.9 Å². The lowest BCUT2D eigenvalue weighted by Gasteiger charge is -2.15. The summed E-state index contributed by atoms with van der Waals surface area (Å²) in [6.45, 7) is 3.95. The molecule has 0 radical (unpaired) electrons. The Kier molecular flexibility index (Phi) is 10.7. The number of aryl methyl sites for hydroxylation is 1. The van der Waals surface area contributed by atoms with E-state index >= 15 is 0 Å². The Morgan fingerprint density at radius 2 is 1.74 bits per heavy atom. The van der Waals surface area contributed by atoms with Gasteiger partial charge in [-0.1, -0.05) is 30.3 Å². The summed E-state index contributed by atoms with van der Waals surface area (Å²) in [5, 5.41) is 6.35. The lowest BCUT2D eigenvalue weighted by molar-refractivity contribution is 0.145. The second-order valence-corrected chi connectivity index (χ2v) is 5.82. The SMILES string of the molecule is CN=C(NCc1ccccc1F)NCc1ccc(C)cc1OCCOC.I. The third kappa shape index (κ3) is 7.72. The van der Waals surface area contributed by atoms with Crippen LogP contribution in [0.1, 0.15) is 16.7 Å². The maximum absolute atomic E-state index is 13.7. The Labute approximate surface area is 177 Å². The minimum absolute atomic E-state index is 0. The third-order valence-corrected chi connectivity index (χ3v) is 3.84. The van der Waals surface area contributed by atoms with Crippen molar-refractivity contribution in [2.24, 2.45) is 4.99 Å². The third-order valence-electron chi connectivity index (χ3n) is 3.84. The van der Waals surface area contributed by atoms with E-state index in [-0.39, 0.29) is 29.8 Å². The number of halogens is 2. The van der Waals surface area contributed by atoms with Gasteiger partial charge in [-0.05, 0) is 24.6 Å². The number of nitrogens with one attached hydrogen (secondary N) is 2. The minimum Gasteiger partial charge on any atom is -0.491 e. The van der Waals surface area contributed by atoms with Gasteiger partial charge < -0.3 is 20.1 Å². The molecule has 0 aliphatic carbocycles. The van der Waals surface area contributed by atoms with E-state index in [4.69, 9.17) is 9.47 Å². The van der Waals surface area contributed by atoms with E-state index in [0.29, 0.717) is 37.8 Å². The number of hydrogen-bond donors (Lipinski definition) is 2. The first-order valence-electron chi connectivity index (χ1n) is 8.53. The first-order valence-corrected chi connectivity index (χ1v) is 8.53. The van der Waals surface area contributed by atoms with Gasteiger partial charge in [0.2, 0.25) is 0 Å². The number of rotatable bonds is 8. The largest absolute Gasteiger partial charge is 0.491 e. The second kappa shape index (κ2) is 12.5. The van der Waals surface area contributed by atoms with Crippen LogP contribution in [-0.2, 0) is 17.8 Å². The highest BCUT2D eigenvalue weighted by Gasteiger charge is 2.07. The van der Waals surface area contributed by atoms with Gasteiger partial charge in [0.15, 0.2) is 5.96 Å². The summed E-state index contributed by atoms with van der Waals surface area (Å²) in [7, 11) is 3.33. The molecule has 0 saturated heterocycles. The Morgan fingerprint density at radius 1 is 1.04 bits per heavy atom. The fourth-order valence-electron chi connectivity index (χ4n) is 2.40. The Morgan fingerprint density at radius 3 is 2.41 bits per heavy atom. The van der Waals surface area contributed by atoms with Crippen LogP contribution in [0.2, 0.25) is 0 Å². The quantitative estimate of drug-likeness (QED) is 0.259. The van der Waals surface area contributed by atoms with E-state index in [9.17, 15) is 4.39 Å². The summed E-state index contributed by atoms with van der Waals surface area (Å²) in [4.78, 5) is 4.18. The van der Waals surface area contributed by atoms with Crippen LogP contribution in [0.25, 0.3) is 0 Å². The molecule has 0 fully saturated rings. The van der Waals surface area contributed by atoms with E-state index in [0.717, 1.165) is 16.9 Å². The molecule has 0 saturated carbocycles.